The second-order valence-electron chi connectivity index (χ2n) is 7.32. The van der Waals surface area contributed by atoms with Crippen LogP contribution in [-0.2, 0) is 4.79 Å². The molecule has 1 aliphatic carbocycles. The van der Waals surface area contributed by atoms with Crippen LogP contribution in [0.25, 0.3) is 0 Å². The zero-order valence-corrected chi connectivity index (χ0v) is 16.5. The molecule has 3 rings (SSSR count). The van der Waals surface area contributed by atoms with Crippen LogP contribution in [0.5, 0.6) is 5.75 Å². The normalized spacial score (nSPS) is 19.1. The minimum absolute atomic E-state index is 0.0484. The van der Waals surface area contributed by atoms with Gasteiger partial charge >= 0.3 is 6.18 Å². The first-order valence-electron chi connectivity index (χ1n) is 9.70. The summed E-state index contributed by atoms with van der Waals surface area (Å²) in [7, 11) is 1.51. The Morgan fingerprint density at radius 1 is 1.03 bits per heavy atom. The second-order valence-corrected chi connectivity index (χ2v) is 7.32. The highest BCUT2D eigenvalue weighted by Crippen LogP contribution is 2.40. The Hall–Kier alpha value is -3.03. The average Bonchev–Trinajstić information content (AvgIpc) is 2.73. The number of halogens is 3. The maximum absolute atomic E-state index is 13.0. The number of anilines is 2. The first-order valence-corrected chi connectivity index (χ1v) is 9.70. The number of hydrogen-bond donors (Lipinski definition) is 2. The lowest BCUT2D eigenvalue weighted by Gasteiger charge is -2.29. The third-order valence-corrected chi connectivity index (χ3v) is 5.27. The van der Waals surface area contributed by atoms with E-state index in [1.165, 1.54) is 7.11 Å². The van der Waals surface area contributed by atoms with Crippen LogP contribution in [0.15, 0.2) is 48.5 Å². The molecule has 5 nitrogen and oxygen atoms in total. The van der Waals surface area contributed by atoms with Crippen molar-refractivity contribution in [2.45, 2.75) is 31.9 Å². The molecule has 1 saturated carbocycles. The number of benzene rings is 2. The van der Waals surface area contributed by atoms with Gasteiger partial charge in [0.2, 0.25) is 5.91 Å². The summed E-state index contributed by atoms with van der Waals surface area (Å²) in [5.41, 5.74) is 0.995. The molecule has 2 aromatic carbocycles. The van der Waals surface area contributed by atoms with Gasteiger partial charge in [0.05, 0.1) is 24.3 Å². The lowest BCUT2D eigenvalue weighted by molar-refractivity contribution is -0.185. The third kappa shape index (κ3) is 5.31. The van der Waals surface area contributed by atoms with Crippen LogP contribution in [0, 0.1) is 11.8 Å². The summed E-state index contributed by atoms with van der Waals surface area (Å²) < 4.78 is 44.3. The maximum atomic E-state index is 13.0. The van der Waals surface area contributed by atoms with Crippen molar-refractivity contribution in [3.63, 3.8) is 0 Å². The van der Waals surface area contributed by atoms with Gasteiger partial charge in [-0.25, -0.2) is 0 Å². The van der Waals surface area contributed by atoms with Gasteiger partial charge < -0.3 is 15.4 Å². The van der Waals surface area contributed by atoms with Crippen LogP contribution in [0.1, 0.15) is 36.0 Å². The van der Waals surface area contributed by atoms with Crippen molar-refractivity contribution in [2.75, 3.05) is 17.7 Å². The Morgan fingerprint density at radius 3 is 2.53 bits per heavy atom. The van der Waals surface area contributed by atoms with E-state index in [2.05, 4.69) is 10.6 Å². The van der Waals surface area contributed by atoms with Gasteiger partial charge in [0.1, 0.15) is 5.75 Å². The average molecular weight is 420 g/mol. The maximum Gasteiger partial charge on any atom is 0.391 e. The van der Waals surface area contributed by atoms with Crippen LogP contribution < -0.4 is 15.4 Å². The zero-order chi connectivity index (χ0) is 21.7. The van der Waals surface area contributed by atoms with Crippen LogP contribution in [0.4, 0.5) is 24.5 Å². The van der Waals surface area contributed by atoms with Gasteiger partial charge in [0, 0.05) is 17.7 Å². The van der Waals surface area contributed by atoms with Gasteiger partial charge in [0.15, 0.2) is 0 Å². The number of rotatable bonds is 5. The lowest BCUT2D eigenvalue weighted by atomic mass is 9.80. The van der Waals surface area contributed by atoms with Crippen molar-refractivity contribution < 1.29 is 27.5 Å². The molecule has 0 spiro atoms. The molecule has 0 aliphatic heterocycles. The van der Waals surface area contributed by atoms with E-state index in [0.717, 1.165) is 0 Å². The molecule has 0 saturated heterocycles. The molecule has 2 amide bonds. The molecule has 8 heteroatoms. The SMILES string of the molecule is COc1cccc(NC(=O)c2ccccc2NC(=O)C2CCCC(C(F)(F)F)C2)c1. The number of hydrogen-bond acceptors (Lipinski definition) is 3. The highest BCUT2D eigenvalue weighted by Gasteiger charge is 2.43. The van der Waals surface area contributed by atoms with Crippen molar-refractivity contribution in [1.29, 1.82) is 0 Å². The van der Waals surface area contributed by atoms with Gasteiger partial charge in [0.25, 0.3) is 5.91 Å². The fraction of sp³-hybridized carbons (Fsp3) is 0.364. The monoisotopic (exact) mass is 420 g/mol. The predicted molar refractivity (Wildman–Crippen MR) is 108 cm³/mol. The van der Waals surface area contributed by atoms with Gasteiger partial charge in [-0.2, -0.15) is 13.2 Å². The summed E-state index contributed by atoms with van der Waals surface area (Å²) in [4.78, 5) is 25.4. The van der Waals surface area contributed by atoms with Crippen molar-refractivity contribution in [3.8, 4) is 5.75 Å². The molecular formula is C22H23F3N2O3. The number of nitrogens with one attached hydrogen (secondary N) is 2. The standard InChI is InChI=1S/C22H23F3N2O3/c1-30-17-9-5-8-16(13-17)26-21(29)18-10-2-3-11-19(18)27-20(28)14-6-4-7-15(12-14)22(23,24)25/h2-3,5,8-11,13-15H,4,6-7,12H2,1H3,(H,26,29)(H,27,28). The number of para-hydroxylation sites is 1. The predicted octanol–water partition coefficient (Wildman–Crippen LogP) is 5.25. The Morgan fingerprint density at radius 2 is 1.80 bits per heavy atom. The molecule has 2 N–H and O–H groups in total. The van der Waals surface area contributed by atoms with Crippen molar-refractivity contribution in [3.05, 3.63) is 54.1 Å². The summed E-state index contributed by atoms with van der Waals surface area (Å²) in [6, 6.07) is 13.2. The first-order chi connectivity index (χ1) is 14.3. The van der Waals surface area contributed by atoms with Crippen molar-refractivity contribution >= 4 is 23.2 Å². The third-order valence-electron chi connectivity index (χ3n) is 5.27. The largest absolute Gasteiger partial charge is 0.497 e. The molecule has 0 radical (unpaired) electrons. The van der Waals surface area contributed by atoms with E-state index in [-0.39, 0.29) is 24.1 Å². The Balaban J connectivity index is 1.71. The van der Waals surface area contributed by atoms with Gasteiger partial charge in [-0.1, -0.05) is 24.6 Å². The molecular weight excluding hydrogens is 397 g/mol. The molecule has 160 valence electrons. The quantitative estimate of drug-likeness (QED) is 0.694. The van der Waals surface area contributed by atoms with E-state index in [9.17, 15) is 22.8 Å². The van der Waals surface area contributed by atoms with Crippen LogP contribution >= 0.6 is 0 Å². The number of carbonyl (C=O) groups excluding carboxylic acids is 2. The molecule has 1 aliphatic rings. The number of amides is 2. The van der Waals surface area contributed by atoms with Crippen LogP contribution in [0.2, 0.25) is 0 Å². The van der Waals surface area contributed by atoms with Crippen LogP contribution in [-0.4, -0.2) is 25.1 Å². The second kappa shape index (κ2) is 9.19. The molecule has 2 unspecified atom stereocenters. The first kappa shape index (κ1) is 21.7. The van der Waals surface area contributed by atoms with E-state index in [4.69, 9.17) is 4.74 Å². The molecule has 2 atom stereocenters. The molecule has 0 bridgehead atoms. The fourth-order valence-electron chi connectivity index (χ4n) is 3.65. The van der Waals surface area contributed by atoms with Crippen LogP contribution in [0.3, 0.4) is 0 Å². The van der Waals surface area contributed by atoms with E-state index in [0.29, 0.717) is 24.3 Å². The summed E-state index contributed by atoms with van der Waals surface area (Å²) in [5, 5.41) is 5.38. The fourth-order valence-corrected chi connectivity index (χ4v) is 3.65. The van der Waals surface area contributed by atoms with E-state index >= 15 is 0 Å². The molecule has 1 fully saturated rings. The summed E-state index contributed by atoms with van der Waals surface area (Å²) >= 11 is 0. The highest BCUT2D eigenvalue weighted by atomic mass is 19.4. The molecule has 30 heavy (non-hydrogen) atoms. The van der Waals surface area contributed by atoms with Gasteiger partial charge in [-0.3, -0.25) is 9.59 Å². The number of carbonyl (C=O) groups is 2. The topological polar surface area (TPSA) is 67.4 Å². The minimum Gasteiger partial charge on any atom is -0.497 e. The van der Waals surface area contributed by atoms with E-state index in [1.807, 2.05) is 0 Å². The zero-order valence-electron chi connectivity index (χ0n) is 16.5. The molecule has 0 aromatic heterocycles. The van der Waals surface area contributed by atoms with Gasteiger partial charge in [-0.15, -0.1) is 0 Å². The highest BCUT2D eigenvalue weighted by molar-refractivity contribution is 6.10. The summed E-state index contributed by atoms with van der Waals surface area (Å²) in [6.45, 7) is 0. The number of ether oxygens (including phenoxy) is 1. The van der Waals surface area contributed by atoms with E-state index < -0.39 is 29.8 Å². The smallest absolute Gasteiger partial charge is 0.391 e. The minimum atomic E-state index is -4.30. The lowest BCUT2D eigenvalue weighted by Crippen LogP contribution is -2.34. The number of methoxy groups -OCH3 is 1. The Bertz CT molecular complexity index is 914. The Kier molecular flexibility index (Phi) is 6.64. The summed E-state index contributed by atoms with van der Waals surface area (Å²) in [5.74, 6) is -2.57. The summed E-state index contributed by atoms with van der Waals surface area (Å²) in [6.07, 6.45) is -3.73. The van der Waals surface area contributed by atoms with E-state index in [1.54, 1.807) is 48.5 Å². The Labute approximate surface area is 172 Å². The molecule has 2 aromatic rings. The van der Waals surface area contributed by atoms with Crippen molar-refractivity contribution in [1.82, 2.24) is 0 Å². The number of alkyl halides is 3. The molecule has 0 heterocycles. The van der Waals surface area contributed by atoms with Crippen molar-refractivity contribution in [2.24, 2.45) is 11.8 Å². The van der Waals surface area contributed by atoms with Gasteiger partial charge in [-0.05, 0) is 43.5 Å².